The second kappa shape index (κ2) is 6.21. The second-order valence-electron chi connectivity index (χ2n) is 5.49. The fraction of sp³-hybridized carbons (Fsp3) is 0.278. The van der Waals surface area contributed by atoms with Gasteiger partial charge in [-0.3, -0.25) is 4.79 Å². The van der Waals surface area contributed by atoms with Gasteiger partial charge < -0.3 is 0 Å². The van der Waals surface area contributed by atoms with Gasteiger partial charge in [0.05, 0.1) is 0 Å². The van der Waals surface area contributed by atoms with Crippen LogP contribution in [-0.4, -0.2) is 5.78 Å². The van der Waals surface area contributed by atoms with Crippen molar-refractivity contribution in [3.8, 4) is 0 Å². The molecule has 0 heterocycles. The Morgan fingerprint density at radius 2 is 1.29 bits per heavy atom. The normalized spacial score (nSPS) is 29.5. The average molecular weight is 319 g/mol. The lowest BCUT2D eigenvalue weighted by Gasteiger charge is -2.23. The monoisotopic (exact) mass is 318 g/mol. The van der Waals surface area contributed by atoms with Crippen LogP contribution in [0.5, 0.6) is 0 Å². The molecule has 0 amide bonds. The summed E-state index contributed by atoms with van der Waals surface area (Å²) >= 11 is 12.2. The van der Waals surface area contributed by atoms with Gasteiger partial charge in [0.1, 0.15) is 0 Å². The van der Waals surface area contributed by atoms with Crippen molar-refractivity contribution in [3.05, 3.63) is 68.8 Å². The van der Waals surface area contributed by atoms with E-state index in [1.54, 1.807) is 0 Å². The maximum absolute atomic E-state index is 12.8. The van der Waals surface area contributed by atoms with E-state index >= 15 is 0 Å². The van der Waals surface area contributed by atoms with E-state index in [0.29, 0.717) is 12.8 Å². The van der Waals surface area contributed by atoms with Crippen LogP contribution in [0, 0.1) is 0 Å². The minimum Gasteiger partial charge on any atom is -0.289 e. The van der Waals surface area contributed by atoms with Crippen LogP contribution in [0.15, 0.2) is 68.8 Å². The number of allylic oxidation sites excluding steroid dienone is 12. The van der Waals surface area contributed by atoms with Gasteiger partial charge in [-0.05, 0) is 42.6 Å². The van der Waals surface area contributed by atoms with Gasteiger partial charge in [0.25, 0.3) is 0 Å². The number of carbonyl (C=O) groups excluding carboxylic acids is 1. The van der Waals surface area contributed by atoms with Gasteiger partial charge in [0.2, 0.25) is 0 Å². The van der Waals surface area contributed by atoms with E-state index in [9.17, 15) is 4.79 Å². The molecule has 3 heteroatoms. The fourth-order valence-corrected chi connectivity index (χ4v) is 3.45. The molecule has 0 bridgehead atoms. The zero-order chi connectivity index (χ0) is 14.8. The van der Waals surface area contributed by atoms with Crippen molar-refractivity contribution < 1.29 is 4.79 Å². The Morgan fingerprint density at radius 1 is 0.810 bits per heavy atom. The highest BCUT2D eigenvalue weighted by Crippen LogP contribution is 2.35. The standard InChI is InChI=1S/C18H16Cl2O/c19-14-6-1-4-12(10-14)16-8-3-9-17(18(16)21)13-5-2-7-15(20)11-13/h1-2,4-7H,3,8-11H2. The summed E-state index contributed by atoms with van der Waals surface area (Å²) in [5, 5.41) is 1.58. The highest BCUT2D eigenvalue weighted by molar-refractivity contribution is 6.30. The number of rotatable bonds is 0. The van der Waals surface area contributed by atoms with Crippen molar-refractivity contribution >= 4 is 29.0 Å². The summed E-state index contributed by atoms with van der Waals surface area (Å²) in [6.45, 7) is 0. The number of halogens is 2. The summed E-state index contributed by atoms with van der Waals surface area (Å²) in [7, 11) is 0. The SMILES string of the molecule is O=C1C(=C2C=CC=C(Cl)C2)CCCC1=C1C=CC=C(Cl)C1. The minimum atomic E-state index is 0.179. The van der Waals surface area contributed by atoms with Crippen LogP contribution in [0.25, 0.3) is 0 Å². The maximum atomic E-state index is 12.8. The van der Waals surface area contributed by atoms with E-state index < -0.39 is 0 Å². The average Bonchev–Trinajstić information content (AvgIpc) is 2.47. The molecule has 1 nitrogen and oxygen atoms in total. The molecular weight excluding hydrogens is 303 g/mol. The van der Waals surface area contributed by atoms with Crippen LogP contribution in [0.1, 0.15) is 32.1 Å². The lowest BCUT2D eigenvalue weighted by Crippen LogP contribution is -2.17. The molecule has 0 aliphatic heterocycles. The molecule has 108 valence electrons. The lowest BCUT2D eigenvalue weighted by molar-refractivity contribution is -0.113. The molecule has 0 aromatic rings. The van der Waals surface area contributed by atoms with Gasteiger partial charge >= 0.3 is 0 Å². The highest BCUT2D eigenvalue weighted by Gasteiger charge is 2.26. The van der Waals surface area contributed by atoms with E-state index in [1.165, 1.54) is 0 Å². The third-order valence-corrected chi connectivity index (χ3v) is 4.56. The van der Waals surface area contributed by atoms with Crippen molar-refractivity contribution in [1.29, 1.82) is 0 Å². The first-order chi connectivity index (χ1) is 10.1. The zero-order valence-corrected chi connectivity index (χ0v) is 13.2. The molecule has 3 aliphatic rings. The molecule has 0 unspecified atom stereocenters. The summed E-state index contributed by atoms with van der Waals surface area (Å²) in [5.74, 6) is 0.179. The summed E-state index contributed by atoms with van der Waals surface area (Å²) in [4.78, 5) is 12.8. The van der Waals surface area contributed by atoms with Crippen LogP contribution in [-0.2, 0) is 4.79 Å². The molecule has 21 heavy (non-hydrogen) atoms. The number of Topliss-reactive ketones (excluding diaryl/α,β-unsaturated/α-hetero) is 1. The summed E-state index contributed by atoms with van der Waals surface area (Å²) in [6, 6.07) is 0. The smallest absolute Gasteiger partial charge is 0.185 e. The Labute approximate surface area is 135 Å². The molecule has 0 radical (unpaired) electrons. The van der Waals surface area contributed by atoms with Gasteiger partial charge in [0.15, 0.2) is 5.78 Å². The van der Waals surface area contributed by atoms with Gasteiger partial charge in [0, 0.05) is 34.1 Å². The van der Waals surface area contributed by atoms with Crippen LogP contribution in [0.2, 0.25) is 0 Å². The summed E-state index contributed by atoms with van der Waals surface area (Å²) in [6.07, 6.45) is 15.6. The topological polar surface area (TPSA) is 17.1 Å². The highest BCUT2D eigenvalue weighted by atomic mass is 35.5. The Bertz CT molecular complexity index is 613. The zero-order valence-electron chi connectivity index (χ0n) is 11.7. The van der Waals surface area contributed by atoms with E-state index in [0.717, 1.165) is 51.6 Å². The van der Waals surface area contributed by atoms with Gasteiger partial charge in [-0.15, -0.1) is 0 Å². The lowest BCUT2D eigenvalue weighted by atomic mass is 9.81. The van der Waals surface area contributed by atoms with Crippen molar-refractivity contribution in [2.75, 3.05) is 0 Å². The molecule has 1 saturated carbocycles. The van der Waals surface area contributed by atoms with E-state index in [2.05, 4.69) is 0 Å². The Balaban J connectivity index is 1.96. The molecule has 3 aliphatic carbocycles. The number of carbonyl (C=O) groups is 1. The van der Waals surface area contributed by atoms with E-state index in [1.807, 2.05) is 36.5 Å². The minimum absolute atomic E-state index is 0.179. The van der Waals surface area contributed by atoms with Crippen molar-refractivity contribution in [2.45, 2.75) is 32.1 Å². The largest absolute Gasteiger partial charge is 0.289 e. The first kappa shape index (κ1) is 14.6. The summed E-state index contributed by atoms with van der Waals surface area (Å²) in [5.41, 5.74) is 3.97. The van der Waals surface area contributed by atoms with E-state index in [4.69, 9.17) is 23.2 Å². The first-order valence-electron chi connectivity index (χ1n) is 7.19. The molecule has 0 saturated heterocycles. The maximum Gasteiger partial charge on any atom is 0.185 e. The number of hydrogen-bond acceptors (Lipinski definition) is 1. The quantitative estimate of drug-likeness (QED) is 0.539. The molecule has 0 aromatic heterocycles. The molecule has 0 aromatic carbocycles. The predicted octanol–water partition coefficient (Wildman–Crippen LogP) is 5.50. The third-order valence-electron chi connectivity index (χ3n) is 4.04. The van der Waals surface area contributed by atoms with Gasteiger partial charge in [-0.1, -0.05) is 47.5 Å². The Hall–Kier alpha value is -1.31. The molecule has 1 fully saturated rings. The number of hydrogen-bond donors (Lipinski definition) is 0. The fourth-order valence-electron chi connectivity index (χ4n) is 3.02. The molecule has 3 rings (SSSR count). The van der Waals surface area contributed by atoms with Crippen LogP contribution < -0.4 is 0 Å². The summed E-state index contributed by atoms with van der Waals surface area (Å²) < 4.78 is 0. The Kier molecular flexibility index (Phi) is 4.32. The number of ketones is 1. The first-order valence-corrected chi connectivity index (χ1v) is 7.95. The van der Waals surface area contributed by atoms with Crippen molar-refractivity contribution in [3.63, 3.8) is 0 Å². The van der Waals surface area contributed by atoms with Crippen molar-refractivity contribution in [2.24, 2.45) is 0 Å². The third kappa shape index (κ3) is 3.14. The predicted molar refractivity (Wildman–Crippen MR) is 88.3 cm³/mol. The molecular formula is C18H16Cl2O. The van der Waals surface area contributed by atoms with Crippen LogP contribution in [0.4, 0.5) is 0 Å². The van der Waals surface area contributed by atoms with Crippen molar-refractivity contribution in [1.82, 2.24) is 0 Å². The molecule has 0 spiro atoms. The van der Waals surface area contributed by atoms with Gasteiger partial charge in [-0.25, -0.2) is 0 Å². The Morgan fingerprint density at radius 3 is 1.71 bits per heavy atom. The van der Waals surface area contributed by atoms with E-state index in [-0.39, 0.29) is 5.78 Å². The molecule has 0 atom stereocenters. The van der Waals surface area contributed by atoms with Crippen LogP contribution >= 0.6 is 23.2 Å². The van der Waals surface area contributed by atoms with Gasteiger partial charge in [-0.2, -0.15) is 0 Å². The molecule has 0 N–H and O–H groups in total. The second-order valence-corrected chi connectivity index (χ2v) is 6.46. The van der Waals surface area contributed by atoms with Crippen LogP contribution in [0.3, 0.4) is 0 Å².